The number of carbonyl (C=O) groups is 1. The van der Waals surface area contributed by atoms with Crippen molar-refractivity contribution in [1.82, 2.24) is 24.6 Å². The van der Waals surface area contributed by atoms with Crippen molar-refractivity contribution in [3.63, 3.8) is 0 Å². The van der Waals surface area contributed by atoms with E-state index in [-0.39, 0.29) is 12.5 Å². The second-order valence-corrected chi connectivity index (χ2v) is 11.3. The minimum atomic E-state index is -0.707. The number of nitrogens with zero attached hydrogens (tertiary/aromatic N) is 5. The lowest BCUT2D eigenvalue weighted by molar-refractivity contribution is -0.137. The highest BCUT2D eigenvalue weighted by Gasteiger charge is 2.35. The molecule has 1 aliphatic heterocycles. The van der Waals surface area contributed by atoms with Crippen LogP contribution in [0.2, 0.25) is 10.0 Å². The Hall–Kier alpha value is -2.48. The van der Waals surface area contributed by atoms with Gasteiger partial charge >= 0.3 is 5.97 Å². The summed E-state index contributed by atoms with van der Waals surface area (Å²) in [6.07, 6.45) is 9.24. The van der Waals surface area contributed by atoms with Gasteiger partial charge in [0.05, 0.1) is 23.6 Å². The fourth-order valence-corrected chi connectivity index (χ4v) is 6.64. The molecule has 0 radical (unpaired) electrons. The van der Waals surface area contributed by atoms with Gasteiger partial charge in [-0.05, 0) is 81.7 Å². The predicted octanol–water partition coefficient (Wildman–Crippen LogP) is 6.56. The van der Waals surface area contributed by atoms with Crippen molar-refractivity contribution in [2.75, 3.05) is 6.54 Å². The van der Waals surface area contributed by atoms with Crippen molar-refractivity contribution in [2.45, 2.75) is 77.4 Å². The topological polar surface area (TPSA) is 84.1 Å². The summed E-state index contributed by atoms with van der Waals surface area (Å²) in [6, 6.07) is 6.19. The van der Waals surface area contributed by atoms with E-state index in [9.17, 15) is 4.79 Å². The summed E-state index contributed by atoms with van der Waals surface area (Å²) in [5, 5.41) is 15.1. The first-order chi connectivity index (χ1) is 17.7. The molecule has 37 heavy (non-hydrogen) atoms. The minimum Gasteiger partial charge on any atom is -0.481 e. The number of carboxylic acids is 1. The number of allylic oxidation sites excluding steroid dienone is 1. The molecule has 9 heteroatoms. The zero-order valence-corrected chi connectivity index (χ0v) is 23.0. The highest BCUT2D eigenvalue weighted by Crippen LogP contribution is 2.37. The zero-order chi connectivity index (χ0) is 26.3. The van der Waals surface area contributed by atoms with Gasteiger partial charge in [-0.1, -0.05) is 42.3 Å². The number of benzene rings is 1. The van der Waals surface area contributed by atoms with E-state index in [1.807, 2.05) is 29.9 Å². The number of hydrogen-bond acceptors (Lipinski definition) is 5. The molecule has 1 fully saturated rings. The van der Waals surface area contributed by atoms with Crippen molar-refractivity contribution < 1.29 is 9.90 Å². The molecule has 7 nitrogen and oxygen atoms in total. The molecule has 3 unspecified atom stereocenters. The highest BCUT2D eigenvalue weighted by molar-refractivity contribution is 6.35. The Kier molecular flexibility index (Phi) is 7.57. The van der Waals surface area contributed by atoms with Crippen molar-refractivity contribution in [2.24, 2.45) is 5.92 Å². The van der Waals surface area contributed by atoms with Gasteiger partial charge in [0.15, 0.2) is 5.65 Å². The molecule has 0 saturated carbocycles. The first kappa shape index (κ1) is 26.1. The fourth-order valence-electron chi connectivity index (χ4n) is 6.08. The Morgan fingerprint density at radius 2 is 2.11 bits per heavy atom. The highest BCUT2D eigenvalue weighted by atomic mass is 35.5. The first-order valence-electron chi connectivity index (χ1n) is 13.1. The molecular weight excluding hydrogens is 509 g/mol. The molecule has 0 amide bonds. The van der Waals surface area contributed by atoms with Crippen LogP contribution < -0.4 is 0 Å². The van der Waals surface area contributed by atoms with E-state index in [0.29, 0.717) is 28.0 Å². The molecule has 196 valence electrons. The molecule has 4 atom stereocenters. The van der Waals surface area contributed by atoms with E-state index in [0.717, 1.165) is 66.8 Å². The van der Waals surface area contributed by atoms with Crippen LogP contribution in [-0.4, -0.2) is 54.4 Å². The lowest BCUT2D eigenvalue weighted by Crippen LogP contribution is -2.44. The van der Waals surface area contributed by atoms with Gasteiger partial charge in [0.25, 0.3) is 0 Å². The van der Waals surface area contributed by atoms with Gasteiger partial charge in [-0.2, -0.15) is 5.10 Å². The van der Waals surface area contributed by atoms with Crippen LogP contribution in [0, 0.1) is 12.8 Å². The molecule has 5 rings (SSSR count). The van der Waals surface area contributed by atoms with Crippen LogP contribution >= 0.6 is 23.2 Å². The molecule has 1 aliphatic carbocycles. The van der Waals surface area contributed by atoms with Crippen LogP contribution in [0.25, 0.3) is 16.7 Å². The number of aliphatic carboxylic acids is 1. The summed E-state index contributed by atoms with van der Waals surface area (Å²) in [5.74, 6) is -0.261. The van der Waals surface area contributed by atoms with Crippen LogP contribution in [0.4, 0.5) is 0 Å². The van der Waals surface area contributed by atoms with Gasteiger partial charge in [-0.3, -0.25) is 9.69 Å². The van der Waals surface area contributed by atoms with E-state index in [1.165, 1.54) is 5.57 Å². The number of rotatable bonds is 7. The Morgan fingerprint density at radius 3 is 2.84 bits per heavy atom. The minimum absolute atomic E-state index is 0.132. The lowest BCUT2D eigenvalue weighted by Gasteiger charge is -2.39. The molecular formula is C28H33Cl2N5O2. The van der Waals surface area contributed by atoms with Crippen LogP contribution in [0.1, 0.15) is 75.4 Å². The molecule has 1 saturated heterocycles. The summed E-state index contributed by atoms with van der Waals surface area (Å²) in [5.41, 5.74) is 5.40. The maximum atomic E-state index is 11.1. The number of aromatic nitrogens is 4. The van der Waals surface area contributed by atoms with Crippen LogP contribution in [-0.2, 0) is 4.79 Å². The quantitative estimate of drug-likeness (QED) is 0.364. The second-order valence-electron chi connectivity index (χ2n) is 10.5. The van der Waals surface area contributed by atoms with Crippen LogP contribution in [0.3, 0.4) is 0 Å². The third-order valence-corrected chi connectivity index (χ3v) is 8.59. The number of likely N-dealkylation sites (tertiary alicyclic amines) is 1. The van der Waals surface area contributed by atoms with Gasteiger partial charge in [-0.15, -0.1) is 0 Å². The number of halogens is 2. The van der Waals surface area contributed by atoms with E-state index >= 15 is 0 Å². The maximum Gasteiger partial charge on any atom is 0.303 e. The van der Waals surface area contributed by atoms with Gasteiger partial charge in [0, 0.05) is 28.5 Å². The summed E-state index contributed by atoms with van der Waals surface area (Å²) in [7, 11) is 0. The second kappa shape index (κ2) is 10.7. The molecule has 3 aromatic rings. The van der Waals surface area contributed by atoms with Gasteiger partial charge < -0.3 is 5.11 Å². The summed E-state index contributed by atoms with van der Waals surface area (Å²) >= 11 is 12.6. The molecule has 2 aliphatic rings. The third-order valence-electron chi connectivity index (χ3n) is 8.02. The Balaban J connectivity index is 1.41. The molecule has 1 N–H and O–H groups in total. The number of fused-ring (bicyclic) bond motifs is 1. The van der Waals surface area contributed by atoms with Crippen molar-refractivity contribution in [3.05, 3.63) is 57.5 Å². The lowest BCUT2D eigenvalue weighted by atomic mass is 9.83. The van der Waals surface area contributed by atoms with Gasteiger partial charge in [0.2, 0.25) is 0 Å². The molecule has 3 heterocycles. The zero-order valence-electron chi connectivity index (χ0n) is 21.5. The Labute approximate surface area is 227 Å². The molecule has 2 aromatic heterocycles. The van der Waals surface area contributed by atoms with Crippen LogP contribution in [0.15, 0.2) is 30.5 Å². The van der Waals surface area contributed by atoms with Crippen molar-refractivity contribution >= 4 is 45.9 Å². The Bertz CT molecular complexity index is 1350. The molecule has 0 bridgehead atoms. The van der Waals surface area contributed by atoms with Gasteiger partial charge in [-0.25, -0.2) is 14.6 Å². The average Bonchev–Trinajstić information content (AvgIpc) is 3.46. The van der Waals surface area contributed by atoms with E-state index < -0.39 is 5.97 Å². The summed E-state index contributed by atoms with van der Waals surface area (Å²) in [4.78, 5) is 23.5. The smallest absolute Gasteiger partial charge is 0.303 e. The summed E-state index contributed by atoms with van der Waals surface area (Å²) in [6.45, 7) is 7.36. The number of aryl methyl sites for hydroxylation is 1. The average molecular weight is 543 g/mol. The fraction of sp³-hybridized carbons (Fsp3) is 0.500. The van der Waals surface area contributed by atoms with Crippen molar-refractivity contribution in [3.8, 4) is 0 Å². The normalized spacial score (nSPS) is 23.4. The molecule has 0 spiro atoms. The summed E-state index contributed by atoms with van der Waals surface area (Å²) < 4.78 is 1.91. The number of carboxylic acid groups (broad SMARTS) is 1. The standard InChI is InChI=1S/C28H33Cl2N5O2/c1-16-13-19(6-10-25(16)34-12-4-5-21(34)8-11-26(36)37)24-15-31-27-17(2)33-35(28(27)32-24)18(3)22-9-7-20(29)14-23(22)30/h6-7,9,14-16,18,21,25H,4-5,8,10-13H2,1-3H3,(H,36,37)/t16?,18-,21?,25?/m1/s1. The van der Waals surface area contributed by atoms with Gasteiger partial charge in [0.1, 0.15) is 5.52 Å². The monoisotopic (exact) mass is 541 g/mol. The maximum absolute atomic E-state index is 11.1. The van der Waals surface area contributed by atoms with E-state index in [1.54, 1.807) is 6.07 Å². The van der Waals surface area contributed by atoms with E-state index in [4.69, 9.17) is 43.4 Å². The largest absolute Gasteiger partial charge is 0.481 e. The van der Waals surface area contributed by atoms with Crippen LogP contribution in [0.5, 0.6) is 0 Å². The Morgan fingerprint density at radius 1 is 1.30 bits per heavy atom. The third kappa shape index (κ3) is 5.27. The number of hydrogen-bond donors (Lipinski definition) is 1. The molecule has 1 aromatic carbocycles. The first-order valence-corrected chi connectivity index (χ1v) is 13.8. The predicted molar refractivity (Wildman–Crippen MR) is 147 cm³/mol. The van der Waals surface area contributed by atoms with E-state index in [2.05, 4.69) is 24.8 Å². The van der Waals surface area contributed by atoms with Crippen molar-refractivity contribution in [1.29, 1.82) is 0 Å². The SMILES string of the molecule is Cc1nn([C@H](C)c2ccc(Cl)cc2Cl)c2nc(C3=CCC(N4CCCC4CCC(=O)O)C(C)C3)cnc12.